The average molecular weight is 357 g/mol. The van der Waals surface area contributed by atoms with Gasteiger partial charge in [-0.25, -0.2) is 4.98 Å². The van der Waals surface area contributed by atoms with Crippen LogP contribution in [0.15, 0.2) is 27.4 Å². The molecule has 4 rings (SSSR count). The molecule has 1 unspecified atom stereocenters. The molecule has 1 aliphatic heterocycles. The number of carbonyl (C=O) groups excluding carboxylic acids is 1. The van der Waals surface area contributed by atoms with Gasteiger partial charge in [0.15, 0.2) is 5.82 Å². The van der Waals surface area contributed by atoms with Crippen molar-refractivity contribution in [3.8, 4) is 0 Å². The van der Waals surface area contributed by atoms with Crippen molar-refractivity contribution in [2.75, 3.05) is 20.3 Å². The van der Waals surface area contributed by atoms with E-state index in [-0.39, 0.29) is 17.7 Å². The molecule has 1 saturated heterocycles. The van der Waals surface area contributed by atoms with Gasteiger partial charge in [-0.3, -0.25) is 4.79 Å². The molecule has 26 heavy (non-hydrogen) atoms. The molecule has 0 aromatic carbocycles. The van der Waals surface area contributed by atoms with Gasteiger partial charge in [-0.15, -0.1) is 0 Å². The second-order valence-electron chi connectivity index (χ2n) is 6.19. The SMILES string of the molecule is COCCc1noc(C2CCCCN2C(=O)c2onc3ncccc23)n1. The highest BCUT2D eigenvalue weighted by atomic mass is 16.5. The summed E-state index contributed by atoms with van der Waals surface area (Å²) in [4.78, 5) is 23.4. The lowest BCUT2D eigenvalue weighted by Crippen LogP contribution is -2.38. The summed E-state index contributed by atoms with van der Waals surface area (Å²) < 4.78 is 15.7. The van der Waals surface area contributed by atoms with E-state index in [2.05, 4.69) is 20.3 Å². The van der Waals surface area contributed by atoms with Gasteiger partial charge in [0.05, 0.1) is 12.0 Å². The van der Waals surface area contributed by atoms with Crippen molar-refractivity contribution in [3.63, 3.8) is 0 Å². The number of rotatable bonds is 5. The number of piperidine rings is 1. The second-order valence-corrected chi connectivity index (χ2v) is 6.19. The van der Waals surface area contributed by atoms with Gasteiger partial charge in [-0.1, -0.05) is 10.3 Å². The van der Waals surface area contributed by atoms with Gasteiger partial charge < -0.3 is 18.7 Å². The lowest BCUT2D eigenvalue weighted by molar-refractivity contribution is 0.0523. The number of ether oxygens (including phenoxy) is 1. The number of fused-ring (bicyclic) bond motifs is 1. The molecule has 3 aromatic heterocycles. The minimum Gasteiger partial charge on any atom is -0.384 e. The van der Waals surface area contributed by atoms with Crippen molar-refractivity contribution in [2.45, 2.75) is 31.7 Å². The van der Waals surface area contributed by atoms with E-state index in [1.54, 1.807) is 30.3 Å². The van der Waals surface area contributed by atoms with E-state index in [0.29, 0.717) is 42.3 Å². The Balaban J connectivity index is 1.61. The third kappa shape index (κ3) is 3.05. The number of amides is 1. The lowest BCUT2D eigenvalue weighted by Gasteiger charge is -2.32. The first-order valence-electron chi connectivity index (χ1n) is 8.60. The fourth-order valence-corrected chi connectivity index (χ4v) is 3.20. The molecular weight excluding hydrogens is 338 g/mol. The summed E-state index contributed by atoms with van der Waals surface area (Å²) in [7, 11) is 1.62. The second kappa shape index (κ2) is 7.20. The van der Waals surface area contributed by atoms with Crippen LogP contribution in [0.3, 0.4) is 0 Å². The van der Waals surface area contributed by atoms with Crippen molar-refractivity contribution in [2.24, 2.45) is 0 Å². The van der Waals surface area contributed by atoms with Crippen LogP contribution in [0.4, 0.5) is 0 Å². The summed E-state index contributed by atoms with van der Waals surface area (Å²) in [5, 5.41) is 8.46. The van der Waals surface area contributed by atoms with E-state index in [4.69, 9.17) is 13.8 Å². The highest BCUT2D eigenvalue weighted by Gasteiger charge is 2.35. The largest absolute Gasteiger partial charge is 0.384 e. The molecule has 4 heterocycles. The summed E-state index contributed by atoms with van der Waals surface area (Å²) >= 11 is 0. The maximum Gasteiger partial charge on any atom is 0.293 e. The van der Waals surface area contributed by atoms with Crippen molar-refractivity contribution in [1.29, 1.82) is 0 Å². The molecule has 1 fully saturated rings. The number of nitrogens with zero attached hydrogens (tertiary/aromatic N) is 5. The van der Waals surface area contributed by atoms with Crippen LogP contribution in [0, 0.1) is 0 Å². The number of hydrogen-bond acceptors (Lipinski definition) is 8. The Bertz CT molecular complexity index is 905. The molecule has 0 radical (unpaired) electrons. The zero-order valence-electron chi connectivity index (χ0n) is 14.4. The Labute approximate surface area is 149 Å². The van der Waals surface area contributed by atoms with Crippen molar-refractivity contribution >= 4 is 16.9 Å². The van der Waals surface area contributed by atoms with E-state index in [1.807, 2.05) is 0 Å². The van der Waals surface area contributed by atoms with Gasteiger partial charge in [-0.2, -0.15) is 4.98 Å². The Morgan fingerprint density at radius 3 is 3.15 bits per heavy atom. The molecule has 0 N–H and O–H groups in total. The van der Waals surface area contributed by atoms with Crippen LogP contribution in [0.1, 0.15) is 47.6 Å². The van der Waals surface area contributed by atoms with Gasteiger partial charge in [0, 0.05) is 26.3 Å². The van der Waals surface area contributed by atoms with Crippen LogP contribution in [0.5, 0.6) is 0 Å². The summed E-state index contributed by atoms with van der Waals surface area (Å²) in [6, 6.07) is 3.27. The predicted octanol–water partition coefficient (Wildman–Crippen LogP) is 2.16. The maximum atomic E-state index is 13.1. The number of aromatic nitrogens is 4. The van der Waals surface area contributed by atoms with Crippen LogP contribution in [0.25, 0.3) is 11.0 Å². The molecule has 136 valence electrons. The predicted molar refractivity (Wildman–Crippen MR) is 89.3 cm³/mol. The summed E-state index contributed by atoms with van der Waals surface area (Å²) in [5.41, 5.74) is 0.420. The topological polar surface area (TPSA) is 107 Å². The van der Waals surface area contributed by atoms with Gasteiger partial charge in [0.25, 0.3) is 5.91 Å². The molecule has 1 aliphatic rings. The molecule has 1 amide bonds. The number of hydrogen-bond donors (Lipinski definition) is 0. The molecule has 0 aliphatic carbocycles. The number of pyridine rings is 1. The van der Waals surface area contributed by atoms with Gasteiger partial charge in [-0.05, 0) is 31.4 Å². The van der Waals surface area contributed by atoms with E-state index < -0.39 is 0 Å². The summed E-state index contributed by atoms with van der Waals surface area (Å²) in [5.74, 6) is 0.987. The first kappa shape index (κ1) is 16.6. The zero-order valence-corrected chi connectivity index (χ0v) is 14.4. The van der Waals surface area contributed by atoms with Crippen molar-refractivity contribution in [3.05, 3.63) is 35.8 Å². The van der Waals surface area contributed by atoms with Crippen LogP contribution in [-0.2, 0) is 11.2 Å². The quantitative estimate of drug-likeness (QED) is 0.683. The van der Waals surface area contributed by atoms with Crippen molar-refractivity contribution in [1.82, 2.24) is 25.2 Å². The Hall–Kier alpha value is -2.81. The highest BCUT2D eigenvalue weighted by Crippen LogP contribution is 2.32. The number of methoxy groups -OCH3 is 1. The van der Waals surface area contributed by atoms with E-state index in [1.165, 1.54) is 0 Å². The Morgan fingerprint density at radius 1 is 1.35 bits per heavy atom. The van der Waals surface area contributed by atoms with Crippen LogP contribution < -0.4 is 0 Å². The minimum absolute atomic E-state index is 0.194. The van der Waals surface area contributed by atoms with E-state index >= 15 is 0 Å². The lowest BCUT2D eigenvalue weighted by atomic mass is 10.0. The zero-order chi connectivity index (χ0) is 17.9. The van der Waals surface area contributed by atoms with Gasteiger partial charge in [0.2, 0.25) is 17.3 Å². The number of likely N-dealkylation sites (tertiary alicyclic amines) is 1. The smallest absolute Gasteiger partial charge is 0.293 e. The average Bonchev–Trinajstić information content (AvgIpc) is 3.33. The molecule has 0 bridgehead atoms. The van der Waals surface area contributed by atoms with Gasteiger partial charge in [0.1, 0.15) is 6.04 Å². The molecule has 1 atom stereocenters. The van der Waals surface area contributed by atoms with Crippen LogP contribution >= 0.6 is 0 Å². The van der Waals surface area contributed by atoms with E-state index in [9.17, 15) is 4.79 Å². The first-order valence-corrected chi connectivity index (χ1v) is 8.60. The summed E-state index contributed by atoms with van der Waals surface area (Å²) in [6.07, 6.45) is 4.85. The fraction of sp³-hybridized carbons (Fsp3) is 0.471. The van der Waals surface area contributed by atoms with E-state index in [0.717, 1.165) is 19.3 Å². The Morgan fingerprint density at radius 2 is 2.27 bits per heavy atom. The fourth-order valence-electron chi connectivity index (χ4n) is 3.20. The molecule has 9 nitrogen and oxygen atoms in total. The first-order chi connectivity index (χ1) is 12.8. The third-order valence-corrected chi connectivity index (χ3v) is 4.51. The van der Waals surface area contributed by atoms with Gasteiger partial charge >= 0.3 is 0 Å². The minimum atomic E-state index is -0.267. The monoisotopic (exact) mass is 357 g/mol. The maximum absolute atomic E-state index is 13.1. The van der Waals surface area contributed by atoms with Crippen LogP contribution in [-0.4, -0.2) is 51.3 Å². The Kier molecular flexibility index (Phi) is 4.61. The third-order valence-electron chi connectivity index (χ3n) is 4.51. The van der Waals surface area contributed by atoms with Crippen LogP contribution in [0.2, 0.25) is 0 Å². The number of carbonyl (C=O) groups is 1. The standard InChI is InChI=1S/C17H19N5O4/c1-24-10-7-13-19-16(26-20-13)12-6-2-3-9-22(12)17(23)14-11-5-4-8-18-15(11)21-25-14/h4-5,8,12H,2-3,6-7,9-10H2,1H3. The highest BCUT2D eigenvalue weighted by molar-refractivity contribution is 6.02. The normalized spacial score (nSPS) is 17.7. The molecule has 0 spiro atoms. The molecule has 0 saturated carbocycles. The summed E-state index contributed by atoms with van der Waals surface area (Å²) in [6.45, 7) is 1.12. The molecule has 9 heteroatoms. The van der Waals surface area contributed by atoms with Crippen molar-refractivity contribution < 1.29 is 18.6 Å². The molecular formula is C17H19N5O4. The molecule has 3 aromatic rings.